The molecule has 2 saturated heterocycles. The molecule has 8 heteroatoms. The Kier molecular flexibility index (Phi) is 4.35. The van der Waals surface area contributed by atoms with Crippen LogP contribution in [0.4, 0.5) is 15.3 Å². The molecule has 0 spiro atoms. The lowest BCUT2D eigenvalue weighted by Crippen LogP contribution is -2.58. The van der Waals surface area contributed by atoms with E-state index in [-0.39, 0.29) is 17.6 Å². The number of nitrogens with zero attached hydrogens (tertiary/aromatic N) is 5. The Labute approximate surface area is 166 Å². The first kappa shape index (κ1) is 17.4. The van der Waals surface area contributed by atoms with Gasteiger partial charge in [0.15, 0.2) is 5.13 Å². The van der Waals surface area contributed by atoms with E-state index in [9.17, 15) is 9.18 Å². The molecule has 0 bridgehead atoms. The molecule has 2 fully saturated rings. The predicted molar refractivity (Wildman–Crippen MR) is 108 cm³/mol. The number of halogens is 1. The van der Waals surface area contributed by atoms with Crippen molar-refractivity contribution < 1.29 is 9.18 Å². The van der Waals surface area contributed by atoms with E-state index < -0.39 is 0 Å². The molecule has 0 aliphatic carbocycles. The molecule has 2 aliphatic rings. The molecule has 0 radical (unpaired) electrons. The van der Waals surface area contributed by atoms with Crippen LogP contribution in [0.2, 0.25) is 0 Å². The van der Waals surface area contributed by atoms with Gasteiger partial charge in [0.2, 0.25) is 5.91 Å². The Balaban J connectivity index is 1.17. The Morgan fingerprint density at radius 1 is 1.04 bits per heavy atom. The number of benzene rings is 1. The van der Waals surface area contributed by atoms with Gasteiger partial charge in [0.25, 0.3) is 0 Å². The van der Waals surface area contributed by atoms with Crippen molar-refractivity contribution >= 4 is 38.4 Å². The first-order valence-corrected chi connectivity index (χ1v) is 10.3. The Morgan fingerprint density at radius 2 is 1.86 bits per heavy atom. The van der Waals surface area contributed by atoms with Crippen molar-refractivity contribution in [2.24, 2.45) is 5.92 Å². The number of piperazine rings is 1. The van der Waals surface area contributed by atoms with E-state index in [1.165, 1.54) is 17.4 Å². The molecule has 28 heavy (non-hydrogen) atoms. The minimum atomic E-state index is -0.293. The molecular formula is C20H20FN5OS. The van der Waals surface area contributed by atoms with Gasteiger partial charge in [-0.05, 0) is 24.3 Å². The standard InChI is InChI=1S/C20H20FN5OS/c21-15-4-3-5-16-18(15)23-20(28-16)26-12-14(13-26)19(27)25-10-8-24(9-11-25)17-6-1-2-7-22-17/h1-7,14H,8-13H2. The fourth-order valence-electron chi connectivity index (χ4n) is 3.78. The number of amides is 1. The zero-order chi connectivity index (χ0) is 19.1. The van der Waals surface area contributed by atoms with Gasteiger partial charge in [0.05, 0.1) is 10.6 Å². The highest BCUT2D eigenvalue weighted by Crippen LogP contribution is 2.34. The fourth-order valence-corrected chi connectivity index (χ4v) is 4.78. The highest BCUT2D eigenvalue weighted by Gasteiger charge is 2.37. The van der Waals surface area contributed by atoms with Crippen LogP contribution in [0.3, 0.4) is 0 Å². The van der Waals surface area contributed by atoms with Gasteiger partial charge in [-0.3, -0.25) is 4.79 Å². The zero-order valence-electron chi connectivity index (χ0n) is 15.3. The smallest absolute Gasteiger partial charge is 0.229 e. The van der Waals surface area contributed by atoms with E-state index in [4.69, 9.17) is 0 Å². The van der Waals surface area contributed by atoms with Gasteiger partial charge in [-0.25, -0.2) is 14.4 Å². The highest BCUT2D eigenvalue weighted by molar-refractivity contribution is 7.22. The van der Waals surface area contributed by atoms with Crippen LogP contribution in [-0.4, -0.2) is 60.0 Å². The van der Waals surface area contributed by atoms with E-state index >= 15 is 0 Å². The van der Waals surface area contributed by atoms with Crippen molar-refractivity contribution in [2.75, 3.05) is 49.1 Å². The van der Waals surface area contributed by atoms with Crippen LogP contribution >= 0.6 is 11.3 Å². The number of para-hydroxylation sites is 1. The zero-order valence-corrected chi connectivity index (χ0v) is 16.1. The monoisotopic (exact) mass is 397 g/mol. The first-order chi connectivity index (χ1) is 13.7. The lowest BCUT2D eigenvalue weighted by atomic mass is 9.99. The second kappa shape index (κ2) is 7.01. The van der Waals surface area contributed by atoms with Gasteiger partial charge in [-0.15, -0.1) is 0 Å². The predicted octanol–water partition coefficient (Wildman–Crippen LogP) is 2.62. The molecule has 0 saturated carbocycles. The van der Waals surface area contributed by atoms with Gasteiger partial charge in [-0.2, -0.15) is 0 Å². The summed E-state index contributed by atoms with van der Waals surface area (Å²) < 4.78 is 14.7. The molecule has 3 aromatic rings. The molecule has 6 nitrogen and oxygen atoms in total. The third-order valence-corrected chi connectivity index (χ3v) is 6.51. The van der Waals surface area contributed by atoms with E-state index in [1.807, 2.05) is 29.2 Å². The molecular weight excluding hydrogens is 377 g/mol. The molecule has 2 aliphatic heterocycles. The summed E-state index contributed by atoms with van der Waals surface area (Å²) in [5, 5.41) is 0.795. The largest absolute Gasteiger partial charge is 0.353 e. The van der Waals surface area contributed by atoms with Crippen LogP contribution in [0.1, 0.15) is 0 Å². The van der Waals surface area contributed by atoms with Gasteiger partial charge < -0.3 is 14.7 Å². The quantitative estimate of drug-likeness (QED) is 0.680. The fraction of sp³-hybridized carbons (Fsp3) is 0.350. The molecule has 4 heterocycles. The number of hydrogen-bond acceptors (Lipinski definition) is 6. The summed E-state index contributed by atoms with van der Waals surface area (Å²) in [6, 6.07) is 10.9. The first-order valence-electron chi connectivity index (χ1n) is 9.44. The summed E-state index contributed by atoms with van der Waals surface area (Å²) in [5.41, 5.74) is 0.419. The van der Waals surface area contributed by atoms with Gasteiger partial charge >= 0.3 is 0 Å². The van der Waals surface area contributed by atoms with Crippen molar-refractivity contribution in [3.05, 3.63) is 48.4 Å². The minimum Gasteiger partial charge on any atom is -0.353 e. The second-order valence-electron chi connectivity index (χ2n) is 7.19. The number of thiazole rings is 1. The van der Waals surface area contributed by atoms with Crippen LogP contribution in [0.5, 0.6) is 0 Å². The number of rotatable bonds is 3. The average molecular weight is 397 g/mol. The molecule has 0 unspecified atom stereocenters. The number of carbonyl (C=O) groups excluding carboxylic acids is 1. The summed E-state index contributed by atoms with van der Waals surface area (Å²) in [6.07, 6.45) is 1.80. The highest BCUT2D eigenvalue weighted by atomic mass is 32.1. The molecule has 0 N–H and O–H groups in total. The molecule has 1 aromatic carbocycles. The third-order valence-electron chi connectivity index (χ3n) is 5.42. The summed E-state index contributed by atoms with van der Waals surface area (Å²) in [6.45, 7) is 4.35. The van der Waals surface area contributed by atoms with Crippen molar-refractivity contribution in [1.29, 1.82) is 0 Å². The van der Waals surface area contributed by atoms with Crippen LogP contribution in [0.15, 0.2) is 42.6 Å². The van der Waals surface area contributed by atoms with Crippen molar-refractivity contribution in [1.82, 2.24) is 14.9 Å². The molecule has 5 rings (SSSR count). The lowest BCUT2D eigenvalue weighted by molar-refractivity contribution is -0.136. The van der Waals surface area contributed by atoms with Gasteiger partial charge in [-0.1, -0.05) is 23.5 Å². The van der Waals surface area contributed by atoms with Crippen molar-refractivity contribution in [3.8, 4) is 0 Å². The number of pyridine rings is 1. The van der Waals surface area contributed by atoms with E-state index in [2.05, 4.69) is 19.8 Å². The van der Waals surface area contributed by atoms with Crippen molar-refractivity contribution in [3.63, 3.8) is 0 Å². The molecule has 1 amide bonds. The Morgan fingerprint density at radius 3 is 2.57 bits per heavy atom. The number of anilines is 2. The maximum atomic E-state index is 13.8. The van der Waals surface area contributed by atoms with Crippen LogP contribution in [0, 0.1) is 11.7 Å². The third kappa shape index (κ3) is 3.07. The van der Waals surface area contributed by atoms with Gasteiger partial charge in [0.1, 0.15) is 17.2 Å². The summed E-state index contributed by atoms with van der Waals surface area (Å²) in [4.78, 5) is 27.9. The van der Waals surface area contributed by atoms with E-state index in [1.54, 1.807) is 12.3 Å². The van der Waals surface area contributed by atoms with Gasteiger partial charge in [0, 0.05) is 45.5 Å². The molecule has 2 aromatic heterocycles. The average Bonchev–Trinajstić information content (AvgIpc) is 3.13. The maximum absolute atomic E-state index is 13.8. The number of hydrogen-bond donors (Lipinski definition) is 0. The van der Waals surface area contributed by atoms with Crippen molar-refractivity contribution in [2.45, 2.75) is 0 Å². The van der Waals surface area contributed by atoms with E-state index in [0.29, 0.717) is 18.6 Å². The molecule has 144 valence electrons. The number of carbonyl (C=O) groups is 1. The molecule has 0 atom stereocenters. The van der Waals surface area contributed by atoms with E-state index in [0.717, 1.165) is 41.8 Å². The van der Waals surface area contributed by atoms with Crippen LogP contribution < -0.4 is 9.80 Å². The summed E-state index contributed by atoms with van der Waals surface area (Å²) in [5.74, 6) is 0.883. The maximum Gasteiger partial charge on any atom is 0.229 e. The Bertz CT molecular complexity index is 996. The SMILES string of the molecule is O=C(C1CN(c2nc3c(F)cccc3s2)C1)N1CCN(c2ccccn2)CC1. The summed E-state index contributed by atoms with van der Waals surface area (Å²) in [7, 11) is 0. The second-order valence-corrected chi connectivity index (χ2v) is 8.19. The summed E-state index contributed by atoms with van der Waals surface area (Å²) >= 11 is 1.48. The topological polar surface area (TPSA) is 52.6 Å². The lowest BCUT2D eigenvalue weighted by Gasteiger charge is -2.42. The Hall–Kier alpha value is -2.74. The number of aromatic nitrogens is 2. The number of fused-ring (bicyclic) bond motifs is 1. The van der Waals surface area contributed by atoms with Crippen LogP contribution in [-0.2, 0) is 4.79 Å². The normalized spacial score (nSPS) is 17.8. The van der Waals surface area contributed by atoms with Crippen LogP contribution in [0.25, 0.3) is 10.2 Å². The minimum absolute atomic E-state index is 0.00161.